The zero-order valence-corrected chi connectivity index (χ0v) is 18.2. The molecule has 2 atom stereocenters. The molecule has 7 heteroatoms. The van der Waals surface area contributed by atoms with Crippen molar-refractivity contribution in [1.82, 2.24) is 9.88 Å². The van der Waals surface area contributed by atoms with Crippen molar-refractivity contribution in [3.63, 3.8) is 0 Å². The van der Waals surface area contributed by atoms with Crippen LogP contribution in [0.5, 0.6) is 17.2 Å². The molecule has 2 aliphatic heterocycles. The molecule has 5 rings (SSSR count). The van der Waals surface area contributed by atoms with Gasteiger partial charge in [0.25, 0.3) is 5.91 Å². The van der Waals surface area contributed by atoms with Gasteiger partial charge in [0.05, 0.1) is 25.3 Å². The number of aromatic nitrogens is 1. The summed E-state index contributed by atoms with van der Waals surface area (Å²) in [4.78, 5) is 31.0. The molecular formula is C25H26N2O5. The lowest BCUT2D eigenvalue weighted by atomic mass is 9.87. The number of hydrogen-bond donors (Lipinski definition) is 1. The van der Waals surface area contributed by atoms with Crippen LogP contribution in [0.25, 0.3) is 10.9 Å². The number of amides is 1. The molecule has 0 saturated carbocycles. The fourth-order valence-corrected chi connectivity index (χ4v) is 4.87. The fourth-order valence-electron chi connectivity index (χ4n) is 4.87. The summed E-state index contributed by atoms with van der Waals surface area (Å²) < 4.78 is 17.1. The fraction of sp³-hybridized carbons (Fsp3) is 0.360. The number of methoxy groups -OCH3 is 2. The molecule has 2 aliphatic rings. The molecule has 3 heterocycles. The number of fused-ring (bicyclic) bond motifs is 2. The number of hydrogen-bond acceptors (Lipinski definition) is 5. The predicted octanol–water partition coefficient (Wildman–Crippen LogP) is 4.07. The third-order valence-corrected chi connectivity index (χ3v) is 6.50. The number of ether oxygens (including phenoxy) is 3. The van der Waals surface area contributed by atoms with Gasteiger partial charge in [-0.3, -0.25) is 9.59 Å². The number of nitrogens with one attached hydrogen (secondary N) is 1. The van der Waals surface area contributed by atoms with Crippen LogP contribution in [0.3, 0.4) is 0 Å². The van der Waals surface area contributed by atoms with Crippen molar-refractivity contribution in [2.75, 3.05) is 27.3 Å². The van der Waals surface area contributed by atoms with E-state index >= 15 is 0 Å². The van der Waals surface area contributed by atoms with Gasteiger partial charge < -0.3 is 24.1 Å². The van der Waals surface area contributed by atoms with E-state index in [9.17, 15) is 9.59 Å². The zero-order valence-electron chi connectivity index (χ0n) is 18.2. The highest BCUT2D eigenvalue weighted by atomic mass is 16.5. The standard InChI is InChI=1S/C25H26N2O5/c1-30-22-10-9-18-17(24(22)31-2)12-19(26-18)25(29)27-11-5-6-15(14-27)23-13-20(28)16-7-3-4-8-21(16)32-23/h3-4,7-10,12,15,23,26H,5-6,11,13-14H2,1-2H3/t15-,23+/m1/s1. The molecule has 0 spiro atoms. The molecule has 1 aromatic heterocycles. The first-order valence-electron chi connectivity index (χ1n) is 10.9. The van der Waals surface area contributed by atoms with Gasteiger partial charge in [-0.15, -0.1) is 0 Å². The summed E-state index contributed by atoms with van der Waals surface area (Å²) >= 11 is 0. The minimum absolute atomic E-state index is 0.0607. The Kier molecular flexibility index (Phi) is 5.25. The van der Waals surface area contributed by atoms with Crippen molar-refractivity contribution in [3.05, 3.63) is 53.7 Å². The molecule has 3 aromatic rings. The molecule has 2 aromatic carbocycles. The van der Waals surface area contributed by atoms with Crippen molar-refractivity contribution in [2.24, 2.45) is 5.92 Å². The second kappa shape index (κ2) is 8.22. The Morgan fingerprint density at radius 3 is 2.81 bits per heavy atom. The van der Waals surface area contributed by atoms with Crippen molar-refractivity contribution >= 4 is 22.6 Å². The number of rotatable bonds is 4. The third-order valence-electron chi connectivity index (χ3n) is 6.50. The Labute approximate surface area is 186 Å². The second-order valence-electron chi connectivity index (χ2n) is 8.38. The van der Waals surface area contributed by atoms with Gasteiger partial charge in [-0.25, -0.2) is 0 Å². The minimum Gasteiger partial charge on any atom is -0.493 e. The summed E-state index contributed by atoms with van der Waals surface area (Å²) in [5.74, 6) is 2.03. The highest BCUT2D eigenvalue weighted by Crippen LogP contribution is 2.37. The van der Waals surface area contributed by atoms with Crippen molar-refractivity contribution in [1.29, 1.82) is 0 Å². The van der Waals surface area contributed by atoms with E-state index in [1.54, 1.807) is 14.2 Å². The van der Waals surface area contributed by atoms with E-state index in [2.05, 4.69) is 4.98 Å². The summed E-state index contributed by atoms with van der Waals surface area (Å²) in [5, 5.41) is 0.807. The molecule has 0 unspecified atom stereocenters. The van der Waals surface area contributed by atoms with Crippen LogP contribution in [-0.2, 0) is 0 Å². The molecule has 0 aliphatic carbocycles. The second-order valence-corrected chi connectivity index (χ2v) is 8.38. The maximum Gasteiger partial charge on any atom is 0.270 e. The SMILES string of the molecule is COc1ccc2[nH]c(C(=O)N3CCC[C@@H]([C@@H]4CC(=O)c5ccccc5O4)C3)cc2c1OC. The van der Waals surface area contributed by atoms with Crippen molar-refractivity contribution in [3.8, 4) is 17.2 Å². The average Bonchev–Trinajstić information content (AvgIpc) is 3.27. The number of para-hydroxylation sites is 1. The van der Waals surface area contributed by atoms with E-state index < -0.39 is 0 Å². The summed E-state index contributed by atoms with van der Waals surface area (Å²) in [6.45, 7) is 1.25. The maximum absolute atomic E-state index is 13.3. The Balaban J connectivity index is 1.36. The van der Waals surface area contributed by atoms with Crippen molar-refractivity contribution < 1.29 is 23.8 Å². The highest BCUT2D eigenvalue weighted by Gasteiger charge is 2.36. The number of ketones is 1. The van der Waals surface area contributed by atoms with Gasteiger partial charge in [0.2, 0.25) is 0 Å². The van der Waals surface area contributed by atoms with Crippen LogP contribution >= 0.6 is 0 Å². The molecular weight excluding hydrogens is 408 g/mol. The predicted molar refractivity (Wildman–Crippen MR) is 120 cm³/mol. The molecule has 1 saturated heterocycles. The molecule has 166 valence electrons. The lowest BCUT2D eigenvalue weighted by molar-refractivity contribution is 0.0406. The number of carbonyl (C=O) groups excluding carboxylic acids is 2. The van der Waals surface area contributed by atoms with Crippen LogP contribution < -0.4 is 14.2 Å². The van der Waals surface area contributed by atoms with E-state index in [0.29, 0.717) is 48.0 Å². The summed E-state index contributed by atoms with van der Waals surface area (Å²) in [6.07, 6.45) is 1.96. The number of nitrogens with zero attached hydrogens (tertiary/aromatic N) is 1. The van der Waals surface area contributed by atoms with Gasteiger partial charge in [0.15, 0.2) is 17.3 Å². The first kappa shape index (κ1) is 20.4. The Morgan fingerprint density at radius 2 is 2.00 bits per heavy atom. The number of Topliss-reactive ketones (excluding diaryl/α,β-unsaturated/α-hetero) is 1. The first-order chi connectivity index (χ1) is 15.6. The van der Waals surface area contributed by atoms with Gasteiger partial charge in [-0.05, 0) is 43.2 Å². The quantitative estimate of drug-likeness (QED) is 0.670. The number of likely N-dealkylation sites (tertiary alicyclic amines) is 1. The van der Waals surface area contributed by atoms with Crippen LogP contribution in [0.15, 0.2) is 42.5 Å². The maximum atomic E-state index is 13.3. The number of aromatic amines is 1. The molecule has 0 radical (unpaired) electrons. The lowest BCUT2D eigenvalue weighted by Gasteiger charge is -2.38. The third kappa shape index (κ3) is 3.47. The largest absolute Gasteiger partial charge is 0.493 e. The number of carbonyl (C=O) groups is 2. The van der Waals surface area contributed by atoms with Crippen LogP contribution in [0.1, 0.15) is 40.1 Å². The van der Waals surface area contributed by atoms with E-state index in [0.717, 1.165) is 23.7 Å². The smallest absolute Gasteiger partial charge is 0.270 e. The minimum atomic E-state index is -0.208. The van der Waals surface area contributed by atoms with Gasteiger partial charge in [0.1, 0.15) is 17.5 Å². The Bertz CT molecular complexity index is 1180. The van der Waals surface area contributed by atoms with Crippen molar-refractivity contribution in [2.45, 2.75) is 25.4 Å². The van der Waals surface area contributed by atoms with Crippen LogP contribution in [0.2, 0.25) is 0 Å². The number of benzene rings is 2. The monoisotopic (exact) mass is 434 g/mol. The van der Waals surface area contributed by atoms with Gasteiger partial charge >= 0.3 is 0 Å². The van der Waals surface area contributed by atoms with Gasteiger partial charge in [0, 0.05) is 30.8 Å². The van der Waals surface area contributed by atoms with Crippen LogP contribution in [0, 0.1) is 5.92 Å². The zero-order chi connectivity index (χ0) is 22.2. The topological polar surface area (TPSA) is 80.9 Å². The molecule has 1 amide bonds. The van der Waals surface area contributed by atoms with Crippen LogP contribution in [0.4, 0.5) is 0 Å². The number of H-pyrrole nitrogens is 1. The number of piperidine rings is 1. The summed E-state index contributed by atoms with van der Waals surface area (Å²) in [7, 11) is 3.18. The molecule has 7 nitrogen and oxygen atoms in total. The van der Waals surface area contributed by atoms with E-state index in [1.165, 1.54) is 0 Å². The summed E-state index contributed by atoms with van der Waals surface area (Å²) in [6, 6.07) is 12.9. The summed E-state index contributed by atoms with van der Waals surface area (Å²) in [5.41, 5.74) is 1.98. The normalized spacial score (nSPS) is 20.6. The molecule has 32 heavy (non-hydrogen) atoms. The Morgan fingerprint density at radius 1 is 1.16 bits per heavy atom. The van der Waals surface area contributed by atoms with Gasteiger partial charge in [-0.1, -0.05) is 12.1 Å². The molecule has 1 N–H and O–H groups in total. The lowest BCUT2D eigenvalue weighted by Crippen LogP contribution is -2.46. The first-order valence-corrected chi connectivity index (χ1v) is 10.9. The molecule has 1 fully saturated rings. The van der Waals surface area contributed by atoms with Crippen LogP contribution in [-0.4, -0.2) is 55.0 Å². The van der Waals surface area contributed by atoms with E-state index in [4.69, 9.17) is 14.2 Å². The average molecular weight is 434 g/mol. The highest BCUT2D eigenvalue weighted by molar-refractivity contribution is 6.01. The van der Waals surface area contributed by atoms with E-state index in [-0.39, 0.29) is 23.7 Å². The Hall–Kier alpha value is -3.48. The van der Waals surface area contributed by atoms with Gasteiger partial charge in [-0.2, -0.15) is 0 Å². The molecule has 0 bridgehead atoms. The van der Waals surface area contributed by atoms with E-state index in [1.807, 2.05) is 47.4 Å².